The van der Waals surface area contributed by atoms with Crippen molar-refractivity contribution in [1.82, 2.24) is 0 Å². The summed E-state index contributed by atoms with van der Waals surface area (Å²) in [6.45, 7) is 11.1. The lowest BCUT2D eigenvalue weighted by Crippen LogP contribution is -2.35. The van der Waals surface area contributed by atoms with E-state index in [0.29, 0.717) is 5.56 Å². The van der Waals surface area contributed by atoms with Gasteiger partial charge in [-0.15, -0.1) is 0 Å². The minimum absolute atomic E-state index is 0.0202. The summed E-state index contributed by atoms with van der Waals surface area (Å²) in [6.07, 6.45) is 1.07. The molecule has 0 heterocycles. The molecule has 0 fully saturated rings. The summed E-state index contributed by atoms with van der Waals surface area (Å²) in [5.74, 6) is 0. The highest BCUT2D eigenvalue weighted by atomic mass is 15.0. The Hall–Kier alpha value is -1.49. The maximum Gasteiger partial charge on any atom is 0.0992 e. The molecular weight excluding hydrogens is 208 g/mol. The van der Waals surface area contributed by atoms with E-state index < -0.39 is 0 Å². The molecule has 0 radical (unpaired) electrons. The SMILES string of the molecule is CC(C)(C)CC(C)(C)Nc1cccc(C#N)c1. The molecule has 0 saturated carbocycles. The lowest BCUT2D eigenvalue weighted by Gasteiger charge is -2.34. The van der Waals surface area contributed by atoms with E-state index in [4.69, 9.17) is 5.26 Å². The molecule has 92 valence electrons. The third-order valence-electron chi connectivity index (χ3n) is 2.45. The standard InChI is InChI=1S/C15H22N2/c1-14(2,3)11-15(4,5)17-13-8-6-7-12(9-13)10-16/h6-9,17H,11H2,1-5H3. The first-order valence-electron chi connectivity index (χ1n) is 6.00. The van der Waals surface area contributed by atoms with Crippen LogP contribution in [-0.4, -0.2) is 5.54 Å². The van der Waals surface area contributed by atoms with Gasteiger partial charge in [-0.3, -0.25) is 0 Å². The zero-order chi connectivity index (χ0) is 13.1. The molecule has 0 amide bonds. The summed E-state index contributed by atoms with van der Waals surface area (Å²) < 4.78 is 0. The van der Waals surface area contributed by atoms with Gasteiger partial charge in [0.05, 0.1) is 11.6 Å². The van der Waals surface area contributed by atoms with Crippen molar-refractivity contribution in [3.05, 3.63) is 29.8 Å². The highest BCUT2D eigenvalue weighted by Crippen LogP contribution is 2.29. The molecule has 1 rings (SSSR count). The fourth-order valence-corrected chi connectivity index (χ4v) is 2.43. The molecule has 0 spiro atoms. The third-order valence-corrected chi connectivity index (χ3v) is 2.45. The van der Waals surface area contributed by atoms with Crippen LogP contribution < -0.4 is 5.32 Å². The number of rotatable bonds is 3. The van der Waals surface area contributed by atoms with E-state index >= 15 is 0 Å². The first kappa shape index (κ1) is 13.6. The van der Waals surface area contributed by atoms with Gasteiger partial charge in [0.25, 0.3) is 0 Å². The second kappa shape index (κ2) is 4.79. The van der Waals surface area contributed by atoms with Gasteiger partial charge in [-0.2, -0.15) is 5.26 Å². The van der Waals surface area contributed by atoms with Crippen LogP contribution in [-0.2, 0) is 0 Å². The Balaban J connectivity index is 2.79. The van der Waals surface area contributed by atoms with Gasteiger partial charge in [0.15, 0.2) is 0 Å². The Morgan fingerprint density at radius 2 is 1.82 bits per heavy atom. The van der Waals surface area contributed by atoms with Gasteiger partial charge in [-0.25, -0.2) is 0 Å². The van der Waals surface area contributed by atoms with E-state index in [1.165, 1.54) is 0 Å². The molecule has 0 bridgehead atoms. The zero-order valence-corrected chi connectivity index (χ0v) is 11.5. The van der Waals surface area contributed by atoms with Crippen molar-refractivity contribution >= 4 is 5.69 Å². The first-order valence-corrected chi connectivity index (χ1v) is 6.00. The normalized spacial score (nSPS) is 12.0. The maximum atomic E-state index is 8.87. The van der Waals surface area contributed by atoms with Gasteiger partial charge in [-0.05, 0) is 43.9 Å². The largest absolute Gasteiger partial charge is 0.380 e. The van der Waals surface area contributed by atoms with Gasteiger partial charge < -0.3 is 5.32 Å². The van der Waals surface area contributed by atoms with E-state index in [1.807, 2.05) is 24.3 Å². The van der Waals surface area contributed by atoms with Crippen LogP contribution in [0.1, 0.15) is 46.6 Å². The van der Waals surface area contributed by atoms with Crippen LogP contribution in [0.4, 0.5) is 5.69 Å². The van der Waals surface area contributed by atoms with Gasteiger partial charge >= 0.3 is 0 Å². The van der Waals surface area contributed by atoms with Crippen LogP contribution in [0.2, 0.25) is 0 Å². The fourth-order valence-electron chi connectivity index (χ4n) is 2.43. The van der Waals surface area contributed by atoms with Gasteiger partial charge in [0, 0.05) is 11.2 Å². The Morgan fingerprint density at radius 1 is 1.18 bits per heavy atom. The molecule has 0 aliphatic heterocycles. The van der Waals surface area contributed by atoms with Gasteiger partial charge in [0.2, 0.25) is 0 Å². The highest BCUT2D eigenvalue weighted by molar-refractivity contribution is 5.50. The topological polar surface area (TPSA) is 35.8 Å². The Morgan fingerprint density at radius 3 is 2.35 bits per heavy atom. The van der Waals surface area contributed by atoms with Gasteiger partial charge in [0.1, 0.15) is 0 Å². The quantitative estimate of drug-likeness (QED) is 0.845. The highest BCUT2D eigenvalue weighted by Gasteiger charge is 2.25. The molecule has 0 unspecified atom stereocenters. The van der Waals surface area contributed by atoms with Gasteiger partial charge in [-0.1, -0.05) is 26.8 Å². The van der Waals surface area contributed by atoms with Crippen LogP contribution in [0, 0.1) is 16.7 Å². The predicted octanol–water partition coefficient (Wildman–Crippen LogP) is 4.18. The number of nitrogens with one attached hydrogen (secondary N) is 1. The summed E-state index contributed by atoms with van der Waals surface area (Å²) >= 11 is 0. The van der Waals surface area contributed by atoms with Crippen molar-refractivity contribution in [2.45, 2.75) is 46.6 Å². The molecule has 1 N–H and O–H groups in total. The van der Waals surface area contributed by atoms with Crippen LogP contribution in [0.3, 0.4) is 0 Å². The summed E-state index contributed by atoms with van der Waals surface area (Å²) in [5.41, 5.74) is 2.01. The average Bonchev–Trinajstić information content (AvgIpc) is 2.13. The Kier molecular flexibility index (Phi) is 3.83. The average molecular weight is 230 g/mol. The number of nitrogens with zero attached hydrogens (tertiary/aromatic N) is 1. The maximum absolute atomic E-state index is 8.87. The first-order chi connectivity index (χ1) is 7.72. The van der Waals surface area contributed by atoms with Crippen molar-refractivity contribution in [2.75, 3.05) is 5.32 Å². The van der Waals surface area contributed by atoms with E-state index in [2.05, 4.69) is 46.0 Å². The molecule has 1 aromatic carbocycles. The summed E-state index contributed by atoms with van der Waals surface area (Å²) in [7, 11) is 0. The summed E-state index contributed by atoms with van der Waals surface area (Å²) in [6, 6.07) is 9.79. The fraction of sp³-hybridized carbons (Fsp3) is 0.533. The number of anilines is 1. The van der Waals surface area contributed by atoms with E-state index in [0.717, 1.165) is 12.1 Å². The Labute approximate surface area is 105 Å². The minimum atomic E-state index is 0.0202. The number of benzene rings is 1. The summed E-state index contributed by atoms with van der Waals surface area (Å²) in [5, 5.41) is 12.4. The second-order valence-corrected chi connectivity index (χ2v) is 6.44. The molecule has 2 heteroatoms. The zero-order valence-electron chi connectivity index (χ0n) is 11.5. The monoisotopic (exact) mass is 230 g/mol. The molecule has 0 aliphatic carbocycles. The third kappa shape index (κ3) is 4.91. The van der Waals surface area contributed by atoms with Crippen molar-refractivity contribution in [2.24, 2.45) is 5.41 Å². The second-order valence-electron chi connectivity index (χ2n) is 6.44. The van der Waals surface area contributed by atoms with E-state index in [9.17, 15) is 0 Å². The number of nitriles is 1. The lowest BCUT2D eigenvalue weighted by molar-refractivity contribution is 0.302. The van der Waals surface area contributed by atoms with Crippen molar-refractivity contribution < 1.29 is 0 Å². The minimum Gasteiger partial charge on any atom is -0.380 e. The molecular formula is C15H22N2. The molecule has 0 aliphatic rings. The molecule has 0 aromatic heterocycles. The molecule has 2 nitrogen and oxygen atoms in total. The van der Waals surface area contributed by atoms with Crippen LogP contribution >= 0.6 is 0 Å². The lowest BCUT2D eigenvalue weighted by atomic mass is 9.81. The molecule has 1 aromatic rings. The summed E-state index contributed by atoms with van der Waals surface area (Å²) in [4.78, 5) is 0. The van der Waals surface area contributed by atoms with Crippen LogP contribution in [0.25, 0.3) is 0 Å². The number of hydrogen-bond donors (Lipinski definition) is 1. The molecule has 0 atom stereocenters. The smallest absolute Gasteiger partial charge is 0.0992 e. The van der Waals surface area contributed by atoms with E-state index in [1.54, 1.807) is 0 Å². The van der Waals surface area contributed by atoms with Crippen LogP contribution in [0.15, 0.2) is 24.3 Å². The Bertz CT molecular complexity index is 419. The van der Waals surface area contributed by atoms with Crippen molar-refractivity contribution in [1.29, 1.82) is 5.26 Å². The predicted molar refractivity (Wildman–Crippen MR) is 72.9 cm³/mol. The van der Waals surface area contributed by atoms with Crippen molar-refractivity contribution in [3.63, 3.8) is 0 Å². The van der Waals surface area contributed by atoms with Crippen molar-refractivity contribution in [3.8, 4) is 6.07 Å². The van der Waals surface area contributed by atoms with Crippen LogP contribution in [0.5, 0.6) is 0 Å². The van der Waals surface area contributed by atoms with E-state index in [-0.39, 0.29) is 11.0 Å². The molecule has 17 heavy (non-hydrogen) atoms. The molecule has 0 saturated heterocycles. The number of hydrogen-bond acceptors (Lipinski definition) is 2.